The summed E-state index contributed by atoms with van der Waals surface area (Å²) in [6.07, 6.45) is 2.36. The van der Waals surface area contributed by atoms with Crippen LogP contribution >= 0.6 is 11.2 Å². The van der Waals surface area contributed by atoms with Gasteiger partial charge in [0.1, 0.15) is 7.22 Å². The van der Waals surface area contributed by atoms with Gasteiger partial charge in [0.2, 0.25) is 0 Å². The quantitative estimate of drug-likeness (QED) is 0.665. The second-order valence-electron chi connectivity index (χ2n) is 6.03. The first-order valence-corrected chi connectivity index (χ1v) is 11.8. The van der Waals surface area contributed by atoms with Crippen LogP contribution in [0.5, 0.6) is 0 Å². The topological polar surface area (TPSA) is 12.4 Å². The molecule has 0 spiro atoms. The lowest BCUT2D eigenvalue weighted by molar-refractivity contribution is 1.42. The standard InChI is InChI=1S/C16H19NSSi/c1-19(2,3)18-15-11-8-12-6-4-5-7-14(12)16(15)17-13-9-10-13/h4-8,11H,9-10H2,1-3H3. The van der Waals surface area contributed by atoms with Gasteiger partial charge in [-0.15, -0.1) is 11.2 Å². The molecule has 2 aromatic carbocycles. The number of rotatable bonds is 3. The Morgan fingerprint density at radius 2 is 1.74 bits per heavy atom. The van der Waals surface area contributed by atoms with E-state index in [4.69, 9.17) is 4.99 Å². The molecule has 3 heteroatoms. The van der Waals surface area contributed by atoms with E-state index in [1.165, 1.54) is 39.9 Å². The molecular formula is C16H19NSSi. The van der Waals surface area contributed by atoms with Crippen molar-refractivity contribution in [3.8, 4) is 0 Å². The van der Waals surface area contributed by atoms with Crippen LogP contribution in [0.25, 0.3) is 10.8 Å². The minimum atomic E-state index is -1.20. The van der Waals surface area contributed by atoms with E-state index in [1.54, 1.807) is 0 Å². The predicted molar refractivity (Wildman–Crippen MR) is 89.5 cm³/mol. The van der Waals surface area contributed by atoms with Crippen LogP contribution in [0.4, 0.5) is 5.69 Å². The van der Waals surface area contributed by atoms with Crippen LogP contribution < -0.4 is 0 Å². The molecule has 0 atom stereocenters. The Labute approximate surface area is 119 Å². The molecule has 3 rings (SSSR count). The van der Waals surface area contributed by atoms with E-state index in [-0.39, 0.29) is 0 Å². The van der Waals surface area contributed by atoms with E-state index in [9.17, 15) is 0 Å². The van der Waals surface area contributed by atoms with E-state index in [0.717, 1.165) is 0 Å². The summed E-state index contributed by atoms with van der Waals surface area (Å²) >= 11 is 2.04. The molecule has 0 unspecified atom stereocenters. The Kier molecular flexibility index (Phi) is 3.27. The monoisotopic (exact) mass is 285 g/mol. The number of hydrogen-bond donors (Lipinski definition) is 0. The summed E-state index contributed by atoms with van der Waals surface area (Å²) in [6, 6.07) is 13.1. The van der Waals surface area contributed by atoms with Gasteiger partial charge in [-0.25, -0.2) is 0 Å². The molecule has 0 saturated heterocycles. The van der Waals surface area contributed by atoms with Gasteiger partial charge in [0, 0.05) is 16.0 Å². The van der Waals surface area contributed by atoms with E-state index in [0.29, 0.717) is 0 Å². The normalized spacial score (nSPS) is 14.8. The van der Waals surface area contributed by atoms with E-state index in [1.807, 2.05) is 11.2 Å². The molecule has 0 N–H and O–H groups in total. The summed E-state index contributed by atoms with van der Waals surface area (Å²) in [5.74, 6) is 0. The molecule has 1 saturated carbocycles. The molecule has 98 valence electrons. The van der Waals surface area contributed by atoms with Gasteiger partial charge in [0.25, 0.3) is 0 Å². The molecule has 0 aromatic heterocycles. The minimum absolute atomic E-state index is 1.18. The van der Waals surface area contributed by atoms with Crippen molar-refractivity contribution in [3.05, 3.63) is 36.4 Å². The van der Waals surface area contributed by atoms with Crippen molar-refractivity contribution in [1.82, 2.24) is 0 Å². The van der Waals surface area contributed by atoms with Gasteiger partial charge in [-0.1, -0.05) is 50.0 Å². The van der Waals surface area contributed by atoms with Gasteiger partial charge >= 0.3 is 0 Å². The number of fused-ring (bicyclic) bond motifs is 1. The Morgan fingerprint density at radius 1 is 1.00 bits per heavy atom. The third-order valence-electron chi connectivity index (χ3n) is 3.02. The molecule has 1 aliphatic carbocycles. The van der Waals surface area contributed by atoms with Crippen LogP contribution in [0.3, 0.4) is 0 Å². The van der Waals surface area contributed by atoms with Gasteiger partial charge in [0.05, 0.1) is 5.69 Å². The van der Waals surface area contributed by atoms with Gasteiger partial charge < -0.3 is 0 Å². The van der Waals surface area contributed by atoms with Crippen molar-refractivity contribution < 1.29 is 0 Å². The van der Waals surface area contributed by atoms with Gasteiger partial charge in [-0.3, -0.25) is 4.99 Å². The smallest absolute Gasteiger partial charge is 0.114 e. The number of benzene rings is 2. The Bertz CT molecular complexity index is 649. The Morgan fingerprint density at radius 3 is 2.42 bits per heavy atom. The van der Waals surface area contributed by atoms with Gasteiger partial charge in [-0.2, -0.15) is 0 Å². The Hall–Kier alpha value is -1.06. The number of hydrogen-bond acceptors (Lipinski definition) is 2. The third-order valence-corrected chi connectivity index (χ3v) is 6.68. The van der Waals surface area contributed by atoms with Crippen LogP contribution in [0.1, 0.15) is 12.8 Å². The fourth-order valence-electron chi connectivity index (χ4n) is 2.09. The lowest BCUT2D eigenvalue weighted by atomic mass is 10.1. The molecule has 0 radical (unpaired) electrons. The highest BCUT2D eigenvalue weighted by Gasteiger charge is 2.20. The van der Waals surface area contributed by atoms with Crippen LogP contribution in [-0.4, -0.2) is 12.9 Å². The number of aliphatic imine (C=N–C) groups is 1. The first kappa shape index (κ1) is 12.9. The number of nitrogens with zero attached hydrogens (tertiary/aromatic N) is 1. The second-order valence-corrected chi connectivity index (χ2v) is 15.2. The highest BCUT2D eigenvalue weighted by molar-refractivity contribution is 8.28. The maximum atomic E-state index is 4.90. The van der Waals surface area contributed by atoms with Crippen molar-refractivity contribution in [2.45, 2.75) is 37.4 Å². The molecule has 19 heavy (non-hydrogen) atoms. The average molecular weight is 285 g/mol. The minimum Gasteiger partial charge on any atom is -0.256 e. The molecule has 0 heterocycles. The van der Waals surface area contributed by atoms with Gasteiger partial charge in [-0.05, 0) is 24.3 Å². The fraction of sp³-hybridized carbons (Fsp3) is 0.312. The predicted octanol–water partition coefficient (Wildman–Crippen LogP) is 5.63. The zero-order valence-electron chi connectivity index (χ0n) is 11.7. The molecule has 0 amide bonds. The van der Waals surface area contributed by atoms with Crippen LogP contribution in [0.15, 0.2) is 46.3 Å². The lowest BCUT2D eigenvalue weighted by Gasteiger charge is -2.17. The SMILES string of the molecule is C[Si](C)(C)Sc1ccc2ccccc2c1N=C1CC1. The Balaban J connectivity index is 2.17. The zero-order chi connectivity index (χ0) is 13.5. The van der Waals surface area contributed by atoms with E-state index < -0.39 is 7.22 Å². The van der Waals surface area contributed by atoms with Crippen LogP contribution in [0, 0.1) is 0 Å². The second kappa shape index (κ2) is 4.80. The maximum absolute atomic E-state index is 4.90. The molecule has 1 fully saturated rings. The van der Waals surface area contributed by atoms with Crippen molar-refractivity contribution in [2.24, 2.45) is 4.99 Å². The summed E-state index contributed by atoms with van der Waals surface area (Å²) < 4.78 is 0. The van der Waals surface area contributed by atoms with Crippen molar-refractivity contribution in [3.63, 3.8) is 0 Å². The van der Waals surface area contributed by atoms with Crippen LogP contribution in [-0.2, 0) is 0 Å². The molecule has 0 aliphatic heterocycles. The van der Waals surface area contributed by atoms with E-state index >= 15 is 0 Å². The fourth-order valence-corrected chi connectivity index (χ4v) is 5.61. The third kappa shape index (κ3) is 3.10. The van der Waals surface area contributed by atoms with Crippen molar-refractivity contribution in [2.75, 3.05) is 0 Å². The summed E-state index contributed by atoms with van der Waals surface area (Å²) in [7, 11) is -1.20. The summed E-state index contributed by atoms with van der Waals surface area (Å²) in [5.41, 5.74) is 2.56. The highest BCUT2D eigenvalue weighted by Crippen LogP contribution is 2.41. The van der Waals surface area contributed by atoms with Gasteiger partial charge in [0.15, 0.2) is 0 Å². The summed E-state index contributed by atoms with van der Waals surface area (Å²) in [4.78, 5) is 6.26. The summed E-state index contributed by atoms with van der Waals surface area (Å²) in [5, 5.41) is 2.59. The average Bonchev–Trinajstić information content (AvgIpc) is 3.14. The molecule has 1 aliphatic rings. The largest absolute Gasteiger partial charge is 0.256 e. The first-order chi connectivity index (χ1) is 9.03. The van der Waals surface area contributed by atoms with E-state index in [2.05, 4.69) is 56.0 Å². The molecule has 1 nitrogen and oxygen atoms in total. The van der Waals surface area contributed by atoms with Crippen LogP contribution in [0.2, 0.25) is 19.6 Å². The maximum Gasteiger partial charge on any atom is 0.114 e. The summed E-state index contributed by atoms with van der Waals surface area (Å²) in [6.45, 7) is 7.17. The van der Waals surface area contributed by atoms with Crippen molar-refractivity contribution in [1.29, 1.82) is 0 Å². The first-order valence-electron chi connectivity index (χ1n) is 6.80. The molecular weight excluding hydrogens is 266 g/mol. The molecule has 0 bridgehead atoms. The lowest BCUT2D eigenvalue weighted by Crippen LogP contribution is -2.13. The highest BCUT2D eigenvalue weighted by atomic mass is 32.4. The molecule has 2 aromatic rings. The van der Waals surface area contributed by atoms with Crippen molar-refractivity contribution >= 4 is 40.6 Å². The zero-order valence-corrected chi connectivity index (χ0v) is 13.6.